The summed E-state index contributed by atoms with van der Waals surface area (Å²) in [5, 5.41) is 8.20. The summed E-state index contributed by atoms with van der Waals surface area (Å²) in [7, 11) is 0. The van der Waals surface area contributed by atoms with E-state index in [9.17, 15) is 4.79 Å². The van der Waals surface area contributed by atoms with E-state index in [-0.39, 0.29) is 5.91 Å². The molecule has 2 heterocycles. The van der Waals surface area contributed by atoms with Crippen molar-refractivity contribution in [2.75, 3.05) is 18.8 Å². The van der Waals surface area contributed by atoms with Crippen LogP contribution in [0.25, 0.3) is 0 Å². The first-order chi connectivity index (χ1) is 7.58. The van der Waals surface area contributed by atoms with Crippen molar-refractivity contribution in [3.8, 4) is 0 Å². The van der Waals surface area contributed by atoms with Gasteiger partial charge in [0, 0.05) is 13.1 Å². The van der Waals surface area contributed by atoms with Crippen LogP contribution in [-0.2, 0) is 0 Å². The molecule has 88 valence electrons. The lowest BCUT2D eigenvalue weighted by molar-refractivity contribution is 0.0626. The minimum Gasteiger partial charge on any atom is -0.374 e. The third-order valence-electron chi connectivity index (χ3n) is 3.24. The second-order valence-corrected chi connectivity index (χ2v) is 5.45. The Balaban J connectivity index is 2.06. The third-order valence-corrected chi connectivity index (χ3v) is 3.99. The molecule has 2 rings (SSSR count). The Morgan fingerprint density at radius 3 is 2.75 bits per heavy atom. The van der Waals surface area contributed by atoms with Crippen molar-refractivity contribution in [1.82, 2.24) is 15.1 Å². The molecule has 0 radical (unpaired) electrons. The second kappa shape index (κ2) is 4.37. The summed E-state index contributed by atoms with van der Waals surface area (Å²) in [6, 6.07) is 0. The number of anilines is 1. The van der Waals surface area contributed by atoms with E-state index in [4.69, 9.17) is 5.73 Å². The predicted octanol–water partition coefficient (Wildman–Crippen LogP) is 1.24. The van der Waals surface area contributed by atoms with Crippen LogP contribution < -0.4 is 5.73 Å². The first-order valence-corrected chi connectivity index (χ1v) is 6.28. The SMILES string of the molecule is CC1CCN(C(=O)c2nnc(N)s2)CC1C. The smallest absolute Gasteiger partial charge is 0.284 e. The number of hydrogen-bond acceptors (Lipinski definition) is 5. The van der Waals surface area contributed by atoms with Gasteiger partial charge in [-0.1, -0.05) is 25.2 Å². The van der Waals surface area contributed by atoms with Gasteiger partial charge in [-0.25, -0.2) is 0 Å². The zero-order valence-electron chi connectivity index (χ0n) is 9.51. The molecule has 2 atom stereocenters. The number of nitrogens with zero attached hydrogens (tertiary/aromatic N) is 3. The van der Waals surface area contributed by atoms with Gasteiger partial charge in [-0.15, -0.1) is 10.2 Å². The number of rotatable bonds is 1. The third kappa shape index (κ3) is 2.16. The van der Waals surface area contributed by atoms with Crippen molar-refractivity contribution in [1.29, 1.82) is 0 Å². The summed E-state index contributed by atoms with van der Waals surface area (Å²) in [6.45, 7) is 6.03. The summed E-state index contributed by atoms with van der Waals surface area (Å²) in [6.07, 6.45) is 1.06. The van der Waals surface area contributed by atoms with Crippen LogP contribution >= 0.6 is 11.3 Å². The normalized spacial score (nSPS) is 25.8. The van der Waals surface area contributed by atoms with Gasteiger partial charge < -0.3 is 10.6 Å². The number of amides is 1. The average Bonchev–Trinajstić information content (AvgIpc) is 2.68. The molecule has 1 amide bonds. The van der Waals surface area contributed by atoms with Gasteiger partial charge in [0.15, 0.2) is 0 Å². The molecule has 0 spiro atoms. The van der Waals surface area contributed by atoms with Gasteiger partial charge in [0.05, 0.1) is 0 Å². The Morgan fingerprint density at radius 1 is 1.44 bits per heavy atom. The van der Waals surface area contributed by atoms with Gasteiger partial charge >= 0.3 is 0 Å². The van der Waals surface area contributed by atoms with Crippen LogP contribution in [0.4, 0.5) is 5.13 Å². The zero-order valence-corrected chi connectivity index (χ0v) is 10.3. The Morgan fingerprint density at radius 2 is 2.19 bits per heavy atom. The summed E-state index contributed by atoms with van der Waals surface area (Å²) in [5.41, 5.74) is 5.47. The van der Waals surface area contributed by atoms with Crippen LogP contribution in [-0.4, -0.2) is 34.1 Å². The number of aromatic nitrogens is 2. The highest BCUT2D eigenvalue weighted by molar-refractivity contribution is 7.16. The van der Waals surface area contributed by atoms with Gasteiger partial charge in [0.1, 0.15) is 0 Å². The molecule has 2 N–H and O–H groups in total. The van der Waals surface area contributed by atoms with Crippen molar-refractivity contribution in [3.05, 3.63) is 5.01 Å². The minimum absolute atomic E-state index is 0.0343. The molecule has 16 heavy (non-hydrogen) atoms. The second-order valence-electron chi connectivity index (χ2n) is 4.44. The molecule has 1 aliphatic heterocycles. The number of nitrogen functional groups attached to an aromatic ring is 1. The van der Waals surface area contributed by atoms with E-state index in [1.807, 2.05) is 4.90 Å². The van der Waals surface area contributed by atoms with Crippen LogP contribution in [0.3, 0.4) is 0 Å². The summed E-state index contributed by atoms with van der Waals surface area (Å²) in [5.74, 6) is 1.19. The Labute approximate surface area is 98.7 Å². The quantitative estimate of drug-likeness (QED) is 0.801. The molecule has 1 saturated heterocycles. The van der Waals surface area contributed by atoms with E-state index in [2.05, 4.69) is 24.0 Å². The van der Waals surface area contributed by atoms with E-state index in [0.717, 1.165) is 30.8 Å². The molecule has 1 aliphatic rings. The van der Waals surface area contributed by atoms with Crippen molar-refractivity contribution in [2.24, 2.45) is 11.8 Å². The number of carbonyl (C=O) groups excluding carboxylic acids is 1. The molecule has 1 aromatic heterocycles. The minimum atomic E-state index is -0.0343. The van der Waals surface area contributed by atoms with Gasteiger partial charge in [-0.2, -0.15) is 0 Å². The molecular formula is C10H16N4OS. The molecule has 6 heteroatoms. The van der Waals surface area contributed by atoms with E-state index in [1.165, 1.54) is 0 Å². The van der Waals surface area contributed by atoms with Crippen molar-refractivity contribution in [2.45, 2.75) is 20.3 Å². The number of hydrogen-bond donors (Lipinski definition) is 1. The van der Waals surface area contributed by atoms with E-state index >= 15 is 0 Å². The van der Waals surface area contributed by atoms with Crippen LogP contribution in [0, 0.1) is 11.8 Å². The number of likely N-dealkylation sites (tertiary alicyclic amines) is 1. The molecule has 0 aliphatic carbocycles. The zero-order chi connectivity index (χ0) is 11.7. The topological polar surface area (TPSA) is 72.1 Å². The van der Waals surface area contributed by atoms with Crippen molar-refractivity contribution in [3.63, 3.8) is 0 Å². The molecule has 1 fully saturated rings. The first kappa shape index (κ1) is 11.3. The monoisotopic (exact) mass is 240 g/mol. The number of piperidine rings is 1. The highest BCUT2D eigenvalue weighted by Gasteiger charge is 2.28. The number of carbonyl (C=O) groups is 1. The lowest BCUT2D eigenvalue weighted by atomic mass is 9.89. The summed E-state index contributed by atoms with van der Waals surface area (Å²) in [4.78, 5) is 13.9. The molecule has 0 saturated carbocycles. The molecule has 2 unspecified atom stereocenters. The molecule has 5 nitrogen and oxygen atoms in total. The van der Waals surface area contributed by atoms with Gasteiger partial charge in [0.25, 0.3) is 5.91 Å². The first-order valence-electron chi connectivity index (χ1n) is 5.46. The van der Waals surface area contributed by atoms with Gasteiger partial charge in [-0.3, -0.25) is 4.79 Å². The van der Waals surface area contributed by atoms with Crippen molar-refractivity contribution >= 4 is 22.4 Å². The van der Waals surface area contributed by atoms with E-state index in [0.29, 0.717) is 22.0 Å². The fraction of sp³-hybridized carbons (Fsp3) is 0.700. The number of nitrogens with two attached hydrogens (primary N) is 1. The molecular weight excluding hydrogens is 224 g/mol. The van der Waals surface area contributed by atoms with Crippen molar-refractivity contribution < 1.29 is 4.79 Å². The Kier molecular flexibility index (Phi) is 3.09. The fourth-order valence-corrected chi connectivity index (χ4v) is 2.48. The molecule has 0 aromatic carbocycles. The predicted molar refractivity (Wildman–Crippen MR) is 63.2 cm³/mol. The fourth-order valence-electron chi connectivity index (χ4n) is 1.90. The Bertz CT molecular complexity index is 392. The molecule has 0 bridgehead atoms. The standard InChI is InChI=1S/C10H16N4OS/c1-6-3-4-14(5-7(6)2)9(15)8-12-13-10(11)16-8/h6-7H,3-5H2,1-2H3,(H2,11,13). The largest absolute Gasteiger partial charge is 0.374 e. The lowest BCUT2D eigenvalue weighted by Gasteiger charge is -2.34. The van der Waals surface area contributed by atoms with Gasteiger partial charge in [-0.05, 0) is 18.3 Å². The van der Waals surface area contributed by atoms with Gasteiger partial charge in [0.2, 0.25) is 10.1 Å². The Hall–Kier alpha value is -1.17. The van der Waals surface area contributed by atoms with E-state index < -0.39 is 0 Å². The highest BCUT2D eigenvalue weighted by Crippen LogP contribution is 2.24. The van der Waals surface area contributed by atoms with Crippen LogP contribution in [0.2, 0.25) is 0 Å². The maximum absolute atomic E-state index is 12.0. The molecule has 1 aromatic rings. The highest BCUT2D eigenvalue weighted by atomic mass is 32.1. The lowest BCUT2D eigenvalue weighted by Crippen LogP contribution is -2.42. The van der Waals surface area contributed by atoms with E-state index in [1.54, 1.807) is 0 Å². The van der Waals surface area contributed by atoms with Crippen LogP contribution in [0.1, 0.15) is 30.1 Å². The van der Waals surface area contributed by atoms with Crippen LogP contribution in [0.5, 0.6) is 0 Å². The summed E-state index contributed by atoms with van der Waals surface area (Å²) < 4.78 is 0. The maximum atomic E-state index is 12.0. The summed E-state index contributed by atoms with van der Waals surface area (Å²) >= 11 is 1.16. The average molecular weight is 240 g/mol. The maximum Gasteiger partial charge on any atom is 0.284 e. The van der Waals surface area contributed by atoms with Crippen LogP contribution in [0.15, 0.2) is 0 Å².